The third-order valence-corrected chi connectivity index (χ3v) is 8.49. The Morgan fingerprint density at radius 1 is 1.02 bits per heavy atom. The van der Waals surface area contributed by atoms with Crippen molar-refractivity contribution in [3.05, 3.63) is 90.4 Å². The van der Waals surface area contributed by atoms with Gasteiger partial charge in [0.15, 0.2) is 5.82 Å². The molecule has 0 bridgehead atoms. The van der Waals surface area contributed by atoms with E-state index >= 15 is 0 Å². The number of aromatic amines is 1. The Balaban J connectivity index is 0.961. The number of ether oxygens (including phenoxy) is 2. The third kappa shape index (κ3) is 5.95. The minimum absolute atomic E-state index is 0.396. The lowest BCUT2D eigenvalue weighted by atomic mass is 9.93. The standard InChI is InChI=1S/C33H34N8O2/c34-18-25-17-23(5-10-31(25)43-16-11-24-19-35-30-4-2-1-3-29(24)30)32-36-22-37-33(39-32)38-26-6-8-27(9-7-26)40-12-14-41(15-13-40)28-20-42-21-28/h1-10,19,22,25,28,35H,11-17,20-21H2,(H,36,37,38,39). The van der Waals surface area contributed by atoms with Crippen LogP contribution in [0.3, 0.4) is 0 Å². The highest BCUT2D eigenvalue weighted by Gasteiger charge is 2.29. The van der Waals surface area contributed by atoms with Crippen molar-refractivity contribution < 1.29 is 9.47 Å². The molecule has 4 heterocycles. The van der Waals surface area contributed by atoms with Crippen LogP contribution in [-0.2, 0) is 15.9 Å². The summed E-state index contributed by atoms with van der Waals surface area (Å²) in [5.41, 5.74) is 5.32. The molecule has 1 atom stereocenters. The maximum Gasteiger partial charge on any atom is 0.230 e. The summed E-state index contributed by atoms with van der Waals surface area (Å²) in [6.45, 7) is 6.41. The Bertz CT molecular complexity index is 1680. The molecule has 0 amide bonds. The molecular weight excluding hydrogens is 540 g/mol. The molecule has 43 heavy (non-hydrogen) atoms. The lowest BCUT2D eigenvalue weighted by Gasteiger charge is -2.43. The van der Waals surface area contributed by atoms with Crippen molar-refractivity contribution in [2.45, 2.75) is 18.9 Å². The van der Waals surface area contributed by atoms with Crippen LogP contribution in [0.25, 0.3) is 16.5 Å². The first kappa shape index (κ1) is 27.1. The average molecular weight is 575 g/mol. The molecule has 2 aromatic heterocycles. The highest BCUT2D eigenvalue weighted by atomic mass is 16.5. The van der Waals surface area contributed by atoms with Crippen LogP contribution < -0.4 is 10.2 Å². The number of nitriles is 1. The van der Waals surface area contributed by atoms with Crippen molar-refractivity contribution in [3.63, 3.8) is 0 Å². The second kappa shape index (κ2) is 12.3. The summed E-state index contributed by atoms with van der Waals surface area (Å²) < 4.78 is 11.4. The van der Waals surface area contributed by atoms with E-state index in [2.05, 4.69) is 77.5 Å². The SMILES string of the molecule is N#CC1CC(c2ncnc(Nc3ccc(N4CCN(C5COC5)CC4)cc3)n2)=CC=C1OCCc1c[nH]c2ccccc12. The maximum absolute atomic E-state index is 9.89. The van der Waals surface area contributed by atoms with Crippen LogP contribution in [0.5, 0.6) is 0 Å². The molecule has 2 saturated heterocycles. The Morgan fingerprint density at radius 2 is 1.86 bits per heavy atom. The molecule has 10 nitrogen and oxygen atoms in total. The molecule has 2 N–H and O–H groups in total. The lowest BCUT2D eigenvalue weighted by Crippen LogP contribution is -2.56. The van der Waals surface area contributed by atoms with Gasteiger partial charge in [0.2, 0.25) is 5.95 Å². The number of para-hydroxylation sites is 1. The minimum Gasteiger partial charge on any atom is -0.496 e. The first-order valence-electron chi connectivity index (χ1n) is 14.8. The molecule has 0 spiro atoms. The quantitative estimate of drug-likeness (QED) is 0.294. The fourth-order valence-corrected chi connectivity index (χ4v) is 5.90. The molecular formula is C33H34N8O2. The van der Waals surface area contributed by atoms with Gasteiger partial charge in [-0.1, -0.05) is 24.3 Å². The van der Waals surface area contributed by atoms with E-state index in [1.54, 1.807) is 0 Å². The van der Waals surface area contributed by atoms with Gasteiger partial charge in [0.05, 0.1) is 31.9 Å². The van der Waals surface area contributed by atoms with Crippen molar-refractivity contribution in [3.8, 4) is 6.07 Å². The molecule has 7 rings (SSSR count). The molecule has 3 aliphatic rings. The normalized spacial score (nSPS) is 19.3. The molecule has 0 saturated carbocycles. The van der Waals surface area contributed by atoms with Gasteiger partial charge >= 0.3 is 0 Å². The summed E-state index contributed by atoms with van der Waals surface area (Å²) >= 11 is 0. The third-order valence-electron chi connectivity index (χ3n) is 8.49. The van der Waals surface area contributed by atoms with E-state index in [0.29, 0.717) is 36.6 Å². The Labute approximate surface area is 250 Å². The van der Waals surface area contributed by atoms with Gasteiger partial charge in [-0.05, 0) is 54.0 Å². The number of aromatic nitrogens is 4. The van der Waals surface area contributed by atoms with Crippen molar-refractivity contribution in [2.24, 2.45) is 5.92 Å². The highest BCUT2D eigenvalue weighted by Crippen LogP contribution is 2.31. The van der Waals surface area contributed by atoms with Gasteiger partial charge in [0.1, 0.15) is 18.0 Å². The summed E-state index contributed by atoms with van der Waals surface area (Å²) in [6, 6.07) is 19.6. The molecule has 4 aromatic rings. The van der Waals surface area contributed by atoms with E-state index in [1.165, 1.54) is 23.0 Å². The van der Waals surface area contributed by atoms with E-state index in [-0.39, 0.29) is 0 Å². The summed E-state index contributed by atoms with van der Waals surface area (Å²) in [4.78, 5) is 21.6. The number of anilines is 3. The fourth-order valence-electron chi connectivity index (χ4n) is 5.90. The number of fused-ring (bicyclic) bond motifs is 1. The molecule has 2 aromatic carbocycles. The number of nitrogens with one attached hydrogen (secondary N) is 2. The zero-order chi connectivity index (χ0) is 29.0. The van der Waals surface area contributed by atoms with Crippen LogP contribution in [0, 0.1) is 17.2 Å². The summed E-state index contributed by atoms with van der Waals surface area (Å²) in [6.07, 6.45) is 8.59. The van der Waals surface area contributed by atoms with Gasteiger partial charge < -0.3 is 24.7 Å². The van der Waals surface area contributed by atoms with Crippen LogP contribution in [0.4, 0.5) is 17.3 Å². The van der Waals surface area contributed by atoms with Crippen molar-refractivity contribution >= 4 is 33.8 Å². The number of nitrogens with zero attached hydrogens (tertiary/aromatic N) is 6. The monoisotopic (exact) mass is 574 g/mol. The largest absolute Gasteiger partial charge is 0.496 e. The van der Waals surface area contributed by atoms with Gasteiger partial charge in [0, 0.05) is 61.1 Å². The molecule has 218 valence electrons. The second-order valence-electron chi connectivity index (χ2n) is 11.1. The molecule has 2 fully saturated rings. The number of rotatable bonds is 9. The Morgan fingerprint density at radius 3 is 2.65 bits per heavy atom. The van der Waals surface area contributed by atoms with Crippen LogP contribution in [-0.4, -0.2) is 76.9 Å². The van der Waals surface area contributed by atoms with Crippen LogP contribution in [0.15, 0.2) is 79.0 Å². The lowest BCUT2D eigenvalue weighted by molar-refractivity contribution is -0.0660. The second-order valence-corrected chi connectivity index (χ2v) is 11.1. The molecule has 1 unspecified atom stereocenters. The van der Waals surface area contributed by atoms with Gasteiger partial charge in [-0.15, -0.1) is 0 Å². The molecule has 2 aliphatic heterocycles. The van der Waals surface area contributed by atoms with E-state index in [9.17, 15) is 5.26 Å². The number of hydrogen-bond acceptors (Lipinski definition) is 9. The van der Waals surface area contributed by atoms with Crippen molar-refractivity contribution in [2.75, 3.05) is 56.2 Å². The zero-order valence-electron chi connectivity index (χ0n) is 23.9. The number of allylic oxidation sites excluding steroid dienone is 4. The number of hydrogen-bond donors (Lipinski definition) is 2. The zero-order valence-corrected chi connectivity index (χ0v) is 23.9. The fraction of sp³-hybridized carbons (Fsp3) is 0.333. The van der Waals surface area contributed by atoms with Crippen LogP contribution >= 0.6 is 0 Å². The smallest absolute Gasteiger partial charge is 0.230 e. The first-order chi connectivity index (χ1) is 21.2. The van der Waals surface area contributed by atoms with Gasteiger partial charge in [-0.25, -0.2) is 9.97 Å². The number of benzene rings is 2. The Hall–Kier alpha value is -4.72. The van der Waals surface area contributed by atoms with Crippen molar-refractivity contribution in [1.82, 2.24) is 24.8 Å². The van der Waals surface area contributed by atoms with Crippen molar-refractivity contribution in [1.29, 1.82) is 5.26 Å². The van der Waals surface area contributed by atoms with Gasteiger partial charge in [-0.2, -0.15) is 10.2 Å². The molecule has 1 aliphatic carbocycles. The van der Waals surface area contributed by atoms with Crippen LogP contribution in [0.1, 0.15) is 17.8 Å². The van der Waals surface area contributed by atoms with Gasteiger partial charge in [0.25, 0.3) is 0 Å². The predicted octanol–water partition coefficient (Wildman–Crippen LogP) is 4.69. The predicted molar refractivity (Wildman–Crippen MR) is 166 cm³/mol. The summed E-state index contributed by atoms with van der Waals surface area (Å²) in [7, 11) is 0. The number of piperazine rings is 1. The number of H-pyrrole nitrogens is 1. The van der Waals surface area contributed by atoms with Crippen LogP contribution in [0.2, 0.25) is 0 Å². The van der Waals surface area contributed by atoms with E-state index in [1.807, 2.05) is 30.5 Å². The summed E-state index contributed by atoms with van der Waals surface area (Å²) in [5.74, 6) is 1.30. The maximum atomic E-state index is 9.89. The topological polar surface area (TPSA) is 115 Å². The highest BCUT2D eigenvalue weighted by molar-refractivity contribution is 5.83. The summed E-state index contributed by atoms with van der Waals surface area (Å²) in [5, 5.41) is 14.4. The Kier molecular flexibility index (Phi) is 7.73. The molecule has 10 heteroatoms. The van der Waals surface area contributed by atoms with E-state index in [0.717, 1.165) is 62.6 Å². The first-order valence-corrected chi connectivity index (χ1v) is 14.8. The average Bonchev–Trinajstić information content (AvgIpc) is 3.44. The van der Waals surface area contributed by atoms with Gasteiger partial charge in [-0.3, -0.25) is 4.90 Å². The van der Waals surface area contributed by atoms with E-state index in [4.69, 9.17) is 9.47 Å². The minimum atomic E-state index is -0.396. The van der Waals surface area contributed by atoms with E-state index < -0.39 is 5.92 Å². The molecule has 0 radical (unpaired) electrons.